The molecule has 3 aromatic rings. The van der Waals surface area contributed by atoms with E-state index in [4.69, 9.17) is 28.9 Å². The average Bonchev–Trinajstić information content (AvgIpc) is 2.92. The third-order valence-corrected chi connectivity index (χ3v) is 8.23. The highest BCUT2D eigenvalue weighted by molar-refractivity contribution is 6.43. The van der Waals surface area contributed by atoms with Gasteiger partial charge in [0.2, 0.25) is 11.8 Å². The molecule has 39 heavy (non-hydrogen) atoms. The molecule has 1 unspecified atom stereocenters. The number of piperidine rings is 2. The molecule has 0 bridgehead atoms. The third-order valence-electron chi connectivity index (χ3n) is 7.41. The molecule has 5 rings (SSSR count). The van der Waals surface area contributed by atoms with E-state index in [1.54, 1.807) is 12.3 Å². The van der Waals surface area contributed by atoms with Crippen LogP contribution >= 0.6 is 23.2 Å². The van der Waals surface area contributed by atoms with E-state index in [0.29, 0.717) is 46.5 Å². The number of nitrogens with zero attached hydrogens (tertiary/aromatic N) is 3. The van der Waals surface area contributed by atoms with Crippen LogP contribution in [0.5, 0.6) is 0 Å². The average molecular weight is 569 g/mol. The van der Waals surface area contributed by atoms with E-state index in [2.05, 4.69) is 43.8 Å². The fourth-order valence-electron chi connectivity index (χ4n) is 4.97. The molecule has 204 valence electrons. The first-order valence-electron chi connectivity index (χ1n) is 13.0. The Morgan fingerprint density at radius 1 is 1.15 bits per heavy atom. The predicted molar refractivity (Wildman–Crippen MR) is 155 cm³/mol. The number of nitrogen functional groups attached to an aromatic ring is 1. The highest BCUT2D eigenvalue weighted by Gasteiger charge is 2.31. The predicted octanol–water partition coefficient (Wildman–Crippen LogP) is 4.40. The summed E-state index contributed by atoms with van der Waals surface area (Å²) in [7, 11) is 0. The number of halogens is 2. The molecule has 2 aromatic carbocycles. The molecule has 1 atom stereocenters. The summed E-state index contributed by atoms with van der Waals surface area (Å²) in [4.78, 5) is 34.9. The monoisotopic (exact) mass is 567 g/mol. The van der Waals surface area contributed by atoms with Crippen molar-refractivity contribution in [1.29, 1.82) is 0 Å². The van der Waals surface area contributed by atoms with E-state index in [-0.39, 0.29) is 17.4 Å². The number of hydrogen-bond acceptors (Lipinski definition) is 8. The number of carbonyl (C=O) groups excluding carboxylic acids is 2. The highest BCUT2D eigenvalue weighted by Crippen LogP contribution is 2.35. The van der Waals surface area contributed by atoms with Crippen LogP contribution < -0.4 is 26.6 Å². The molecule has 0 radical (unpaired) electrons. The van der Waals surface area contributed by atoms with E-state index >= 15 is 0 Å². The van der Waals surface area contributed by atoms with Crippen molar-refractivity contribution in [2.24, 2.45) is 0 Å². The van der Waals surface area contributed by atoms with Crippen molar-refractivity contribution in [3.05, 3.63) is 64.3 Å². The van der Waals surface area contributed by atoms with Gasteiger partial charge in [0.1, 0.15) is 17.6 Å². The number of imide groups is 1. The van der Waals surface area contributed by atoms with Crippen LogP contribution in [0.15, 0.2) is 48.7 Å². The van der Waals surface area contributed by atoms with Gasteiger partial charge in [-0.15, -0.1) is 0 Å². The summed E-state index contributed by atoms with van der Waals surface area (Å²) in [5.74, 6) is 0.561. The van der Waals surface area contributed by atoms with Crippen LogP contribution in [0.1, 0.15) is 38.2 Å². The molecule has 0 spiro atoms. The second kappa shape index (κ2) is 11.4. The fourth-order valence-corrected chi connectivity index (χ4v) is 5.36. The summed E-state index contributed by atoms with van der Waals surface area (Å²) in [6.07, 6.45) is 4.42. The van der Waals surface area contributed by atoms with Gasteiger partial charge in [0.05, 0.1) is 16.2 Å². The van der Waals surface area contributed by atoms with E-state index in [0.717, 1.165) is 43.0 Å². The van der Waals surface area contributed by atoms with Crippen molar-refractivity contribution in [2.45, 2.75) is 50.7 Å². The molecule has 5 N–H and O–H groups in total. The van der Waals surface area contributed by atoms with Crippen molar-refractivity contribution >= 4 is 52.3 Å². The van der Waals surface area contributed by atoms with Crippen LogP contribution in [0.2, 0.25) is 10.0 Å². The Balaban J connectivity index is 1.17. The Morgan fingerprint density at radius 3 is 2.67 bits per heavy atom. The van der Waals surface area contributed by atoms with Gasteiger partial charge in [-0.1, -0.05) is 47.5 Å². The van der Waals surface area contributed by atoms with E-state index in [1.165, 1.54) is 0 Å². The first kappa shape index (κ1) is 27.2. The summed E-state index contributed by atoms with van der Waals surface area (Å²) in [5.41, 5.74) is 9.38. The summed E-state index contributed by atoms with van der Waals surface area (Å²) in [6.45, 7) is 4.56. The lowest BCUT2D eigenvalue weighted by molar-refractivity contribution is -0.133. The van der Waals surface area contributed by atoms with E-state index in [9.17, 15) is 9.59 Å². The van der Waals surface area contributed by atoms with Gasteiger partial charge in [-0.3, -0.25) is 14.9 Å². The minimum atomic E-state index is -0.401. The molecule has 2 fully saturated rings. The standard InChI is InChI=1S/C28H31Cl2N7O2/c1-28(33-15-17-4-2-5-18(14-17)34-21-8-9-23(38)36-27(21)39)10-12-37(13-11-28)22-16-32-25(26(31)35-22)19-6-3-7-20(29)24(19)30/h2-7,14,16,21,33-34H,8-13,15H2,1H3,(H2,31,35)(H,36,38,39). The third kappa shape index (κ3) is 6.27. The summed E-state index contributed by atoms with van der Waals surface area (Å²) in [5, 5.41) is 10.2. The number of hydrogen-bond donors (Lipinski definition) is 4. The SMILES string of the molecule is CC1(NCc2cccc(NC3CCC(=O)NC3=O)c2)CCN(c2cnc(-c3cccc(Cl)c3Cl)c(N)n2)CC1. The molecule has 11 heteroatoms. The van der Waals surface area contributed by atoms with E-state index in [1.807, 2.05) is 30.3 Å². The molecule has 2 aliphatic rings. The maximum atomic E-state index is 12.1. The summed E-state index contributed by atoms with van der Waals surface area (Å²) >= 11 is 12.5. The lowest BCUT2D eigenvalue weighted by Crippen LogP contribution is -2.51. The number of anilines is 3. The first-order chi connectivity index (χ1) is 18.7. The molecular weight excluding hydrogens is 537 g/mol. The zero-order valence-electron chi connectivity index (χ0n) is 21.6. The molecular formula is C28H31Cl2N7O2. The Hall–Kier alpha value is -3.40. The van der Waals surface area contributed by atoms with Crippen LogP contribution in [0, 0.1) is 0 Å². The van der Waals surface area contributed by atoms with Crippen LogP contribution in [0.25, 0.3) is 11.3 Å². The molecule has 1 aromatic heterocycles. The summed E-state index contributed by atoms with van der Waals surface area (Å²) < 4.78 is 0. The number of benzene rings is 2. The fraction of sp³-hybridized carbons (Fsp3) is 0.357. The van der Waals surface area contributed by atoms with Crippen molar-refractivity contribution in [3.8, 4) is 11.3 Å². The molecule has 3 heterocycles. The quantitative estimate of drug-likeness (QED) is 0.309. The van der Waals surface area contributed by atoms with Crippen LogP contribution in [0.3, 0.4) is 0 Å². The van der Waals surface area contributed by atoms with Gasteiger partial charge in [0.25, 0.3) is 0 Å². The number of nitrogens with one attached hydrogen (secondary N) is 3. The Morgan fingerprint density at radius 2 is 1.92 bits per heavy atom. The van der Waals surface area contributed by atoms with Crippen molar-refractivity contribution < 1.29 is 9.59 Å². The second-order valence-electron chi connectivity index (χ2n) is 10.3. The largest absolute Gasteiger partial charge is 0.382 e. The number of amides is 2. The topological polar surface area (TPSA) is 125 Å². The zero-order valence-corrected chi connectivity index (χ0v) is 23.1. The normalized spacial score (nSPS) is 19.1. The highest BCUT2D eigenvalue weighted by atomic mass is 35.5. The van der Waals surface area contributed by atoms with E-state index < -0.39 is 6.04 Å². The number of carbonyl (C=O) groups is 2. The smallest absolute Gasteiger partial charge is 0.249 e. The Bertz CT molecular complexity index is 1390. The van der Waals surface area contributed by atoms with Gasteiger partial charge in [-0.05, 0) is 49.9 Å². The number of aromatic nitrogens is 2. The molecule has 2 saturated heterocycles. The molecule has 2 amide bonds. The number of nitrogens with two attached hydrogens (primary N) is 1. The Kier molecular flexibility index (Phi) is 7.93. The van der Waals surface area contributed by atoms with Crippen molar-refractivity contribution in [3.63, 3.8) is 0 Å². The maximum Gasteiger partial charge on any atom is 0.249 e. The first-order valence-corrected chi connectivity index (χ1v) is 13.7. The number of rotatable bonds is 7. The second-order valence-corrected chi connectivity index (χ2v) is 11.1. The van der Waals surface area contributed by atoms with Gasteiger partial charge in [-0.2, -0.15) is 0 Å². The van der Waals surface area contributed by atoms with Crippen LogP contribution in [0.4, 0.5) is 17.3 Å². The molecule has 0 aliphatic carbocycles. The van der Waals surface area contributed by atoms with Gasteiger partial charge < -0.3 is 21.3 Å². The summed E-state index contributed by atoms with van der Waals surface area (Å²) in [6, 6.07) is 13.0. The van der Waals surface area contributed by atoms with Crippen LogP contribution in [-0.4, -0.2) is 46.5 Å². The Labute approximate surface area is 237 Å². The maximum absolute atomic E-state index is 12.1. The minimum Gasteiger partial charge on any atom is -0.382 e. The van der Waals surface area contributed by atoms with Gasteiger partial charge in [0.15, 0.2) is 5.82 Å². The van der Waals surface area contributed by atoms with Gasteiger partial charge in [0, 0.05) is 42.8 Å². The van der Waals surface area contributed by atoms with Gasteiger partial charge >= 0.3 is 0 Å². The minimum absolute atomic E-state index is 0.0449. The molecule has 2 aliphatic heterocycles. The van der Waals surface area contributed by atoms with Crippen LogP contribution in [-0.2, 0) is 16.1 Å². The molecule has 0 saturated carbocycles. The molecule has 9 nitrogen and oxygen atoms in total. The van der Waals surface area contributed by atoms with Crippen molar-refractivity contribution in [1.82, 2.24) is 20.6 Å². The van der Waals surface area contributed by atoms with Gasteiger partial charge in [-0.25, -0.2) is 9.97 Å². The lowest BCUT2D eigenvalue weighted by atomic mass is 9.89. The lowest BCUT2D eigenvalue weighted by Gasteiger charge is -2.40. The van der Waals surface area contributed by atoms with Crippen molar-refractivity contribution in [2.75, 3.05) is 29.0 Å². The zero-order chi connectivity index (χ0) is 27.6.